The molecule has 0 bridgehead atoms. The van der Waals surface area contributed by atoms with Gasteiger partial charge in [-0.15, -0.1) is 0 Å². The molecule has 0 fully saturated rings. The summed E-state index contributed by atoms with van der Waals surface area (Å²) in [6, 6.07) is 1.95. The molecule has 5 heteroatoms. The fourth-order valence-corrected chi connectivity index (χ4v) is 1.49. The molecular formula is C13H24N4O. The van der Waals surface area contributed by atoms with E-state index in [1.807, 2.05) is 13.0 Å². The highest BCUT2D eigenvalue weighted by atomic mass is 16.5. The molecule has 0 aliphatic carbocycles. The number of hydrogen-bond donors (Lipinski definition) is 2. The SMILES string of the molecule is COCCCNc1cc(NCC(C)C)nc(C)n1. The van der Waals surface area contributed by atoms with Crippen LogP contribution in [-0.4, -0.2) is 36.8 Å². The predicted octanol–water partition coefficient (Wildman–Crippen LogP) is 2.30. The molecule has 0 aromatic carbocycles. The molecule has 0 radical (unpaired) electrons. The van der Waals surface area contributed by atoms with Crippen molar-refractivity contribution < 1.29 is 4.74 Å². The van der Waals surface area contributed by atoms with E-state index in [1.165, 1.54) is 0 Å². The number of aromatic nitrogens is 2. The Morgan fingerprint density at radius 3 is 2.50 bits per heavy atom. The van der Waals surface area contributed by atoms with Gasteiger partial charge >= 0.3 is 0 Å². The highest BCUT2D eigenvalue weighted by Crippen LogP contribution is 2.11. The summed E-state index contributed by atoms with van der Waals surface area (Å²) in [6.45, 7) is 8.78. The second-order valence-corrected chi connectivity index (χ2v) is 4.73. The Hall–Kier alpha value is -1.36. The van der Waals surface area contributed by atoms with E-state index < -0.39 is 0 Å². The molecule has 0 unspecified atom stereocenters. The number of hydrogen-bond acceptors (Lipinski definition) is 5. The molecule has 0 spiro atoms. The zero-order chi connectivity index (χ0) is 13.4. The first-order chi connectivity index (χ1) is 8.61. The molecule has 102 valence electrons. The van der Waals surface area contributed by atoms with Crippen LogP contribution in [0.3, 0.4) is 0 Å². The molecular weight excluding hydrogens is 228 g/mol. The van der Waals surface area contributed by atoms with Crippen LogP contribution in [-0.2, 0) is 4.74 Å². The van der Waals surface area contributed by atoms with Gasteiger partial charge in [-0.25, -0.2) is 9.97 Å². The van der Waals surface area contributed by atoms with Crippen molar-refractivity contribution in [1.82, 2.24) is 9.97 Å². The first kappa shape index (κ1) is 14.7. The molecule has 0 aliphatic heterocycles. The van der Waals surface area contributed by atoms with Crippen LogP contribution in [0.2, 0.25) is 0 Å². The van der Waals surface area contributed by atoms with E-state index in [-0.39, 0.29) is 0 Å². The summed E-state index contributed by atoms with van der Waals surface area (Å²) in [5, 5.41) is 6.59. The van der Waals surface area contributed by atoms with E-state index in [1.54, 1.807) is 7.11 Å². The Morgan fingerprint density at radius 2 is 1.89 bits per heavy atom. The molecule has 1 rings (SSSR count). The predicted molar refractivity (Wildman–Crippen MR) is 75.1 cm³/mol. The van der Waals surface area contributed by atoms with Crippen LogP contribution in [0.1, 0.15) is 26.1 Å². The van der Waals surface area contributed by atoms with Crippen LogP contribution in [0.4, 0.5) is 11.6 Å². The van der Waals surface area contributed by atoms with E-state index in [2.05, 4.69) is 34.4 Å². The maximum atomic E-state index is 5.01. The number of methoxy groups -OCH3 is 1. The number of ether oxygens (including phenoxy) is 1. The summed E-state index contributed by atoms with van der Waals surface area (Å²) in [5.74, 6) is 3.12. The topological polar surface area (TPSA) is 59.1 Å². The van der Waals surface area contributed by atoms with Gasteiger partial charge in [-0.05, 0) is 19.3 Å². The van der Waals surface area contributed by atoms with Crippen molar-refractivity contribution in [2.75, 3.05) is 37.4 Å². The second kappa shape index (κ2) is 7.87. The van der Waals surface area contributed by atoms with Gasteiger partial charge in [-0.1, -0.05) is 13.8 Å². The molecule has 0 saturated carbocycles. The van der Waals surface area contributed by atoms with Crippen LogP contribution < -0.4 is 10.6 Å². The smallest absolute Gasteiger partial charge is 0.131 e. The van der Waals surface area contributed by atoms with Crippen molar-refractivity contribution in [3.63, 3.8) is 0 Å². The van der Waals surface area contributed by atoms with E-state index in [9.17, 15) is 0 Å². The lowest BCUT2D eigenvalue weighted by Gasteiger charge is -2.11. The quantitative estimate of drug-likeness (QED) is 0.695. The molecule has 2 N–H and O–H groups in total. The zero-order valence-corrected chi connectivity index (χ0v) is 11.8. The third-order valence-corrected chi connectivity index (χ3v) is 2.36. The van der Waals surface area contributed by atoms with Crippen LogP contribution in [0.25, 0.3) is 0 Å². The molecule has 0 aliphatic rings. The minimum absolute atomic E-state index is 0.596. The lowest BCUT2D eigenvalue weighted by atomic mass is 10.2. The lowest BCUT2D eigenvalue weighted by molar-refractivity contribution is 0.198. The van der Waals surface area contributed by atoms with Crippen LogP contribution in [0, 0.1) is 12.8 Å². The van der Waals surface area contributed by atoms with E-state index in [0.717, 1.165) is 43.6 Å². The monoisotopic (exact) mass is 252 g/mol. The van der Waals surface area contributed by atoms with Crippen molar-refractivity contribution in [3.8, 4) is 0 Å². The maximum absolute atomic E-state index is 5.01. The molecule has 0 amide bonds. The normalized spacial score (nSPS) is 10.7. The Bertz CT molecular complexity index is 355. The fraction of sp³-hybridized carbons (Fsp3) is 0.692. The van der Waals surface area contributed by atoms with Crippen LogP contribution in [0.15, 0.2) is 6.07 Å². The number of nitrogens with one attached hydrogen (secondary N) is 2. The second-order valence-electron chi connectivity index (χ2n) is 4.73. The Kier molecular flexibility index (Phi) is 6.43. The lowest BCUT2D eigenvalue weighted by Crippen LogP contribution is -2.12. The molecule has 5 nitrogen and oxygen atoms in total. The molecule has 0 atom stereocenters. The van der Waals surface area contributed by atoms with Gasteiger partial charge in [-0.2, -0.15) is 0 Å². The molecule has 1 heterocycles. The Balaban J connectivity index is 2.51. The van der Waals surface area contributed by atoms with Gasteiger partial charge in [0.05, 0.1) is 0 Å². The van der Waals surface area contributed by atoms with Gasteiger partial charge in [0.15, 0.2) is 0 Å². The third-order valence-electron chi connectivity index (χ3n) is 2.36. The summed E-state index contributed by atoms with van der Waals surface area (Å²) >= 11 is 0. The standard InChI is InChI=1S/C13H24N4O/c1-10(2)9-15-13-8-12(16-11(3)17-13)14-6-5-7-18-4/h8,10H,5-7,9H2,1-4H3,(H2,14,15,16,17). The zero-order valence-electron chi connectivity index (χ0n) is 11.8. The number of rotatable bonds is 8. The van der Waals surface area contributed by atoms with Gasteiger partial charge in [0.2, 0.25) is 0 Å². The molecule has 0 saturated heterocycles. The molecule has 1 aromatic heterocycles. The molecule has 18 heavy (non-hydrogen) atoms. The summed E-state index contributed by atoms with van der Waals surface area (Å²) in [6.07, 6.45) is 0.967. The minimum Gasteiger partial charge on any atom is -0.385 e. The summed E-state index contributed by atoms with van der Waals surface area (Å²) < 4.78 is 5.01. The number of aryl methyl sites for hydroxylation is 1. The fourth-order valence-electron chi connectivity index (χ4n) is 1.49. The van der Waals surface area contributed by atoms with E-state index >= 15 is 0 Å². The van der Waals surface area contributed by atoms with Gasteiger partial charge in [0.25, 0.3) is 0 Å². The highest BCUT2D eigenvalue weighted by Gasteiger charge is 2.02. The van der Waals surface area contributed by atoms with Gasteiger partial charge in [0, 0.05) is 32.9 Å². The summed E-state index contributed by atoms with van der Waals surface area (Å²) in [5.41, 5.74) is 0. The van der Waals surface area contributed by atoms with Gasteiger partial charge < -0.3 is 15.4 Å². The molecule has 1 aromatic rings. The van der Waals surface area contributed by atoms with Gasteiger partial charge in [0.1, 0.15) is 17.5 Å². The largest absolute Gasteiger partial charge is 0.385 e. The van der Waals surface area contributed by atoms with Crippen molar-refractivity contribution in [3.05, 3.63) is 11.9 Å². The van der Waals surface area contributed by atoms with Crippen molar-refractivity contribution in [1.29, 1.82) is 0 Å². The first-order valence-electron chi connectivity index (χ1n) is 6.44. The maximum Gasteiger partial charge on any atom is 0.131 e. The third kappa shape index (κ3) is 5.82. The van der Waals surface area contributed by atoms with Crippen molar-refractivity contribution in [2.45, 2.75) is 27.2 Å². The van der Waals surface area contributed by atoms with Crippen molar-refractivity contribution in [2.24, 2.45) is 5.92 Å². The highest BCUT2D eigenvalue weighted by molar-refractivity contribution is 5.47. The average Bonchev–Trinajstić information content (AvgIpc) is 2.32. The van der Waals surface area contributed by atoms with Crippen LogP contribution in [0.5, 0.6) is 0 Å². The first-order valence-corrected chi connectivity index (χ1v) is 6.44. The Labute approximate surface area is 109 Å². The van der Waals surface area contributed by atoms with Gasteiger partial charge in [-0.3, -0.25) is 0 Å². The van der Waals surface area contributed by atoms with E-state index in [0.29, 0.717) is 5.92 Å². The minimum atomic E-state index is 0.596. The Morgan fingerprint density at radius 1 is 1.22 bits per heavy atom. The summed E-state index contributed by atoms with van der Waals surface area (Å²) in [4.78, 5) is 8.72. The number of nitrogens with zero attached hydrogens (tertiary/aromatic N) is 2. The van der Waals surface area contributed by atoms with E-state index in [4.69, 9.17) is 4.74 Å². The number of anilines is 2. The van der Waals surface area contributed by atoms with Crippen LogP contribution >= 0.6 is 0 Å². The summed E-state index contributed by atoms with van der Waals surface area (Å²) in [7, 11) is 1.71. The van der Waals surface area contributed by atoms with Crippen molar-refractivity contribution >= 4 is 11.6 Å². The average molecular weight is 252 g/mol.